The fourth-order valence-electron chi connectivity index (χ4n) is 3.89. The molecule has 0 saturated carbocycles. The number of carbonyl (C=O) groups excluding carboxylic acids is 2. The minimum Gasteiger partial charge on any atom is -0.507 e. The van der Waals surface area contributed by atoms with Crippen LogP contribution >= 0.6 is 0 Å². The maximum absolute atomic E-state index is 13.0. The molecule has 1 saturated heterocycles. The zero-order valence-electron chi connectivity index (χ0n) is 19.1. The molecule has 6 heteroatoms. The summed E-state index contributed by atoms with van der Waals surface area (Å²) in [5.41, 5.74) is 1.32. The molecule has 2 aromatic rings. The number of Topliss-reactive ketones (excluding diaryl/α,β-unsaturated/α-hetero) is 1. The zero-order chi connectivity index (χ0) is 23.3. The third-order valence-corrected chi connectivity index (χ3v) is 5.47. The molecule has 0 spiro atoms. The molecule has 0 bridgehead atoms. The number of likely N-dealkylation sites (tertiary alicyclic amines) is 1. The number of hydrogen-bond donors (Lipinski definition) is 1. The number of aliphatic hydroxyl groups is 1. The van der Waals surface area contributed by atoms with Gasteiger partial charge in [0.05, 0.1) is 24.8 Å². The quantitative estimate of drug-likeness (QED) is 0.256. The molecule has 0 radical (unpaired) electrons. The highest BCUT2D eigenvalue weighted by Gasteiger charge is 2.45. The lowest BCUT2D eigenvalue weighted by molar-refractivity contribution is -0.139. The normalized spacial score (nSPS) is 17.8. The topological polar surface area (TPSA) is 76.1 Å². The number of benzene rings is 2. The summed E-state index contributed by atoms with van der Waals surface area (Å²) in [7, 11) is 1.58. The molecule has 0 aliphatic carbocycles. The average molecular weight is 438 g/mol. The van der Waals surface area contributed by atoms with Crippen LogP contribution in [0.2, 0.25) is 0 Å². The van der Waals surface area contributed by atoms with Crippen molar-refractivity contribution in [2.45, 2.75) is 52.2 Å². The van der Waals surface area contributed by atoms with E-state index < -0.39 is 17.7 Å². The lowest BCUT2D eigenvalue weighted by Crippen LogP contribution is -2.30. The molecule has 32 heavy (non-hydrogen) atoms. The van der Waals surface area contributed by atoms with Crippen molar-refractivity contribution in [2.75, 3.05) is 13.7 Å². The molecular weight excluding hydrogens is 406 g/mol. The first-order chi connectivity index (χ1) is 15.4. The summed E-state index contributed by atoms with van der Waals surface area (Å²) in [6.45, 7) is 6.40. The second-order valence-corrected chi connectivity index (χ2v) is 8.16. The van der Waals surface area contributed by atoms with Crippen LogP contribution in [0.1, 0.15) is 57.2 Å². The highest BCUT2D eigenvalue weighted by atomic mass is 16.5. The van der Waals surface area contributed by atoms with Gasteiger partial charge in [0.1, 0.15) is 17.3 Å². The molecule has 6 nitrogen and oxygen atoms in total. The minimum atomic E-state index is -0.665. The predicted octanol–water partition coefficient (Wildman–Crippen LogP) is 5.09. The van der Waals surface area contributed by atoms with Crippen molar-refractivity contribution in [3.05, 3.63) is 65.2 Å². The third-order valence-electron chi connectivity index (χ3n) is 5.47. The number of unbranched alkanes of at least 4 members (excludes halogenated alkanes) is 2. The van der Waals surface area contributed by atoms with Crippen molar-refractivity contribution in [3.8, 4) is 11.5 Å². The fourth-order valence-corrected chi connectivity index (χ4v) is 3.89. The minimum absolute atomic E-state index is 0.0259. The van der Waals surface area contributed by atoms with Gasteiger partial charge in [0.2, 0.25) is 0 Å². The molecule has 1 fully saturated rings. The Morgan fingerprint density at radius 1 is 1.00 bits per heavy atom. The standard InChI is InChI=1S/C26H31NO5/c1-5-6-7-16-27-23(18-8-12-20(31-4)13-9-18)22(25(29)26(27)30)24(28)19-10-14-21(15-11-19)32-17(2)3/h8-15,17,23,28H,5-7,16H2,1-4H3/b24-22-. The van der Waals surface area contributed by atoms with E-state index in [1.54, 1.807) is 48.4 Å². The number of amides is 1. The first-order valence-corrected chi connectivity index (χ1v) is 11.1. The van der Waals surface area contributed by atoms with Gasteiger partial charge < -0.3 is 19.5 Å². The number of ether oxygens (including phenoxy) is 2. The van der Waals surface area contributed by atoms with Crippen LogP contribution < -0.4 is 9.47 Å². The summed E-state index contributed by atoms with van der Waals surface area (Å²) < 4.78 is 10.9. The lowest BCUT2D eigenvalue weighted by Gasteiger charge is -2.25. The smallest absolute Gasteiger partial charge is 0.295 e. The van der Waals surface area contributed by atoms with Crippen LogP contribution in [0, 0.1) is 0 Å². The molecule has 1 atom stereocenters. The van der Waals surface area contributed by atoms with Crippen LogP contribution in [0.15, 0.2) is 54.1 Å². The Bertz CT molecular complexity index is 976. The van der Waals surface area contributed by atoms with E-state index in [1.165, 1.54) is 0 Å². The molecule has 1 aliphatic rings. The van der Waals surface area contributed by atoms with Gasteiger partial charge in [-0.05, 0) is 62.2 Å². The van der Waals surface area contributed by atoms with Crippen molar-refractivity contribution in [1.29, 1.82) is 0 Å². The predicted molar refractivity (Wildman–Crippen MR) is 124 cm³/mol. The summed E-state index contributed by atoms with van der Waals surface area (Å²) in [6.07, 6.45) is 2.77. The summed E-state index contributed by atoms with van der Waals surface area (Å²) in [6, 6.07) is 13.5. The Morgan fingerprint density at radius 2 is 1.62 bits per heavy atom. The monoisotopic (exact) mass is 437 g/mol. The Hall–Kier alpha value is -3.28. The van der Waals surface area contributed by atoms with Gasteiger partial charge in [-0.25, -0.2) is 0 Å². The highest BCUT2D eigenvalue weighted by molar-refractivity contribution is 6.46. The van der Waals surface area contributed by atoms with Crippen LogP contribution in [0.25, 0.3) is 5.76 Å². The van der Waals surface area contributed by atoms with Gasteiger partial charge in [0.15, 0.2) is 0 Å². The Kier molecular flexibility index (Phi) is 7.57. The van der Waals surface area contributed by atoms with Crippen LogP contribution in [0.3, 0.4) is 0 Å². The highest BCUT2D eigenvalue weighted by Crippen LogP contribution is 2.40. The Balaban J connectivity index is 2.04. The van der Waals surface area contributed by atoms with Crippen LogP contribution in [-0.2, 0) is 9.59 Å². The van der Waals surface area contributed by atoms with Gasteiger partial charge in [-0.3, -0.25) is 9.59 Å². The van der Waals surface area contributed by atoms with E-state index in [4.69, 9.17) is 9.47 Å². The number of aliphatic hydroxyl groups excluding tert-OH is 1. The van der Waals surface area contributed by atoms with Crippen molar-refractivity contribution in [2.24, 2.45) is 0 Å². The van der Waals surface area contributed by atoms with E-state index in [1.807, 2.05) is 26.0 Å². The van der Waals surface area contributed by atoms with E-state index in [0.29, 0.717) is 23.6 Å². The third kappa shape index (κ3) is 4.96. The Morgan fingerprint density at radius 3 is 2.19 bits per heavy atom. The van der Waals surface area contributed by atoms with Gasteiger partial charge in [-0.1, -0.05) is 31.9 Å². The Labute approximate surface area is 189 Å². The van der Waals surface area contributed by atoms with Crippen LogP contribution in [0.4, 0.5) is 0 Å². The molecule has 3 rings (SSSR count). The molecule has 1 aliphatic heterocycles. The largest absolute Gasteiger partial charge is 0.507 e. The van der Waals surface area contributed by atoms with E-state index in [9.17, 15) is 14.7 Å². The number of ketones is 1. The van der Waals surface area contributed by atoms with E-state index in [0.717, 1.165) is 24.8 Å². The van der Waals surface area contributed by atoms with Crippen LogP contribution in [0.5, 0.6) is 11.5 Å². The molecule has 0 aromatic heterocycles. The van der Waals surface area contributed by atoms with Crippen LogP contribution in [-0.4, -0.2) is 41.5 Å². The van der Waals surface area contributed by atoms with Crippen molar-refractivity contribution >= 4 is 17.4 Å². The van der Waals surface area contributed by atoms with Gasteiger partial charge in [-0.2, -0.15) is 0 Å². The number of hydrogen-bond acceptors (Lipinski definition) is 5. The zero-order valence-corrected chi connectivity index (χ0v) is 19.1. The number of nitrogens with zero attached hydrogens (tertiary/aromatic N) is 1. The summed E-state index contributed by atoms with van der Waals surface area (Å²) >= 11 is 0. The molecule has 2 aromatic carbocycles. The summed E-state index contributed by atoms with van der Waals surface area (Å²) in [5, 5.41) is 11.1. The molecule has 1 amide bonds. The number of methoxy groups -OCH3 is 1. The maximum atomic E-state index is 13.0. The van der Waals surface area contributed by atoms with E-state index >= 15 is 0 Å². The van der Waals surface area contributed by atoms with Gasteiger partial charge in [-0.15, -0.1) is 0 Å². The van der Waals surface area contributed by atoms with E-state index in [-0.39, 0.29) is 17.4 Å². The molecule has 1 heterocycles. The SMILES string of the molecule is CCCCCN1C(=O)C(=O)/C(=C(\O)c2ccc(OC(C)C)cc2)C1c1ccc(OC)cc1. The molecule has 170 valence electrons. The molecular formula is C26H31NO5. The van der Waals surface area contributed by atoms with E-state index in [2.05, 4.69) is 6.92 Å². The maximum Gasteiger partial charge on any atom is 0.295 e. The van der Waals surface area contributed by atoms with Gasteiger partial charge >= 0.3 is 0 Å². The molecule has 1 N–H and O–H groups in total. The van der Waals surface area contributed by atoms with Crippen molar-refractivity contribution in [1.82, 2.24) is 4.90 Å². The second kappa shape index (κ2) is 10.4. The lowest BCUT2D eigenvalue weighted by atomic mass is 9.95. The first-order valence-electron chi connectivity index (χ1n) is 11.1. The number of carbonyl (C=O) groups is 2. The fraction of sp³-hybridized carbons (Fsp3) is 0.385. The second-order valence-electron chi connectivity index (χ2n) is 8.16. The average Bonchev–Trinajstić information content (AvgIpc) is 3.04. The first kappa shape index (κ1) is 23.4. The van der Waals surface area contributed by atoms with Crippen molar-refractivity contribution < 1.29 is 24.2 Å². The van der Waals surface area contributed by atoms with Gasteiger partial charge in [0, 0.05) is 12.1 Å². The summed E-state index contributed by atoms with van der Waals surface area (Å²) in [5.74, 6) is -0.0792. The van der Waals surface area contributed by atoms with Gasteiger partial charge in [0.25, 0.3) is 11.7 Å². The van der Waals surface area contributed by atoms with Crippen molar-refractivity contribution in [3.63, 3.8) is 0 Å². The summed E-state index contributed by atoms with van der Waals surface area (Å²) in [4.78, 5) is 27.5. The number of rotatable bonds is 9. The molecule has 1 unspecified atom stereocenters.